The topological polar surface area (TPSA) is 60.2 Å². The number of carbonyl (C=O) groups excluding carboxylic acids is 1. The van der Waals surface area contributed by atoms with Gasteiger partial charge in [-0.05, 0) is 32.8 Å². The Hall–Kier alpha value is -1.73. The molecule has 3 rings (SSSR count). The van der Waals surface area contributed by atoms with Crippen LogP contribution in [0.3, 0.4) is 0 Å². The fraction of sp³-hybridized carbons (Fsp3) is 0.562. The monoisotopic (exact) mass is 334 g/mol. The summed E-state index contributed by atoms with van der Waals surface area (Å²) >= 11 is 1.47. The molecule has 0 N–H and O–H groups in total. The van der Waals surface area contributed by atoms with Gasteiger partial charge in [-0.25, -0.2) is 4.98 Å². The molecule has 23 heavy (non-hydrogen) atoms. The van der Waals surface area contributed by atoms with E-state index >= 15 is 0 Å². The lowest BCUT2D eigenvalue weighted by Gasteiger charge is -2.24. The van der Waals surface area contributed by atoms with Gasteiger partial charge in [-0.15, -0.1) is 11.3 Å². The van der Waals surface area contributed by atoms with Gasteiger partial charge in [-0.2, -0.15) is 5.10 Å². The van der Waals surface area contributed by atoms with Gasteiger partial charge in [0.2, 0.25) is 0 Å². The third-order valence-corrected chi connectivity index (χ3v) is 4.99. The Morgan fingerprint density at radius 2 is 2.30 bits per heavy atom. The summed E-state index contributed by atoms with van der Waals surface area (Å²) in [5.74, 6) is 0.0210. The van der Waals surface area contributed by atoms with Crippen molar-refractivity contribution < 1.29 is 9.53 Å². The van der Waals surface area contributed by atoms with Crippen molar-refractivity contribution in [3.8, 4) is 0 Å². The second-order valence-corrected chi connectivity index (χ2v) is 6.91. The summed E-state index contributed by atoms with van der Waals surface area (Å²) in [5, 5.41) is 7.18. The summed E-state index contributed by atoms with van der Waals surface area (Å²) in [6.07, 6.45) is 2.05. The lowest BCUT2D eigenvalue weighted by atomic mass is 10.2. The highest BCUT2D eigenvalue weighted by atomic mass is 32.1. The number of rotatable bonds is 5. The first kappa shape index (κ1) is 16.1. The second kappa shape index (κ2) is 6.80. The van der Waals surface area contributed by atoms with E-state index in [9.17, 15) is 4.79 Å². The number of nitrogens with zero attached hydrogens (tertiary/aromatic N) is 4. The third kappa shape index (κ3) is 3.45. The maximum atomic E-state index is 12.8. The first-order valence-electron chi connectivity index (χ1n) is 7.84. The van der Waals surface area contributed by atoms with E-state index in [4.69, 9.17) is 4.74 Å². The highest BCUT2D eigenvalue weighted by molar-refractivity contribution is 7.09. The van der Waals surface area contributed by atoms with Gasteiger partial charge in [0.25, 0.3) is 5.91 Å². The lowest BCUT2D eigenvalue weighted by molar-refractivity contribution is 0.0715. The van der Waals surface area contributed by atoms with Crippen molar-refractivity contribution in [3.63, 3.8) is 0 Å². The molecule has 2 aromatic heterocycles. The molecule has 1 fully saturated rings. The van der Waals surface area contributed by atoms with Gasteiger partial charge in [0, 0.05) is 24.7 Å². The van der Waals surface area contributed by atoms with Crippen LogP contribution in [0.2, 0.25) is 0 Å². The minimum Gasteiger partial charge on any atom is -0.378 e. The lowest BCUT2D eigenvalue weighted by Crippen LogP contribution is -2.38. The Labute approximate surface area is 140 Å². The Balaban J connectivity index is 1.72. The smallest absolute Gasteiger partial charge is 0.273 e. The fourth-order valence-corrected chi connectivity index (χ4v) is 3.84. The van der Waals surface area contributed by atoms with Gasteiger partial charge in [-0.1, -0.05) is 0 Å². The van der Waals surface area contributed by atoms with Gasteiger partial charge in [-0.3, -0.25) is 9.48 Å². The van der Waals surface area contributed by atoms with Crippen LogP contribution >= 0.6 is 11.3 Å². The molecule has 7 heteroatoms. The van der Waals surface area contributed by atoms with Crippen LogP contribution in [-0.4, -0.2) is 45.3 Å². The Morgan fingerprint density at radius 3 is 3.00 bits per heavy atom. The number of aryl methyl sites for hydroxylation is 2. The molecule has 0 saturated carbocycles. The number of aromatic nitrogens is 3. The van der Waals surface area contributed by atoms with Crippen LogP contribution in [0.5, 0.6) is 0 Å². The molecule has 124 valence electrons. The zero-order valence-corrected chi connectivity index (χ0v) is 14.6. The van der Waals surface area contributed by atoms with Crippen molar-refractivity contribution >= 4 is 17.2 Å². The van der Waals surface area contributed by atoms with Crippen molar-refractivity contribution in [1.29, 1.82) is 0 Å². The molecule has 1 aliphatic heterocycles. The highest BCUT2D eigenvalue weighted by Gasteiger charge is 2.31. The van der Waals surface area contributed by atoms with Crippen LogP contribution in [0.25, 0.3) is 0 Å². The number of carbonyl (C=O) groups is 1. The summed E-state index contributed by atoms with van der Waals surface area (Å²) < 4.78 is 7.08. The van der Waals surface area contributed by atoms with Crippen LogP contribution in [0, 0.1) is 13.8 Å². The zero-order valence-electron chi connectivity index (χ0n) is 13.8. The van der Waals surface area contributed by atoms with Crippen molar-refractivity contribution in [1.82, 2.24) is 19.7 Å². The second-order valence-electron chi connectivity index (χ2n) is 5.96. The van der Waals surface area contributed by atoms with E-state index in [0.717, 1.165) is 42.3 Å². The fourth-order valence-electron chi connectivity index (χ4n) is 3.10. The average Bonchev–Trinajstić information content (AvgIpc) is 3.21. The number of methoxy groups -OCH3 is 1. The van der Waals surface area contributed by atoms with E-state index in [1.54, 1.807) is 7.11 Å². The Bertz CT molecular complexity index is 694. The maximum absolute atomic E-state index is 12.8. The van der Waals surface area contributed by atoms with Crippen LogP contribution < -0.4 is 0 Å². The van der Waals surface area contributed by atoms with E-state index in [2.05, 4.69) is 23.1 Å². The standard InChI is InChI=1S/C16H22N4O2S/c1-11-7-12(2)20(18-11)8-13-5-4-6-19(13)16(21)14-10-23-15(17-14)9-22-3/h7,10,13H,4-6,8-9H2,1-3H3. The number of likely N-dealkylation sites (tertiary alicyclic amines) is 1. The average molecular weight is 334 g/mol. The molecule has 0 aliphatic carbocycles. The molecule has 1 atom stereocenters. The van der Waals surface area contributed by atoms with E-state index in [1.165, 1.54) is 11.3 Å². The maximum Gasteiger partial charge on any atom is 0.273 e. The summed E-state index contributed by atoms with van der Waals surface area (Å²) in [6, 6.07) is 2.26. The molecule has 6 nitrogen and oxygen atoms in total. The highest BCUT2D eigenvalue weighted by Crippen LogP contribution is 2.23. The van der Waals surface area contributed by atoms with E-state index in [1.807, 2.05) is 21.9 Å². The van der Waals surface area contributed by atoms with E-state index in [-0.39, 0.29) is 11.9 Å². The Kier molecular flexibility index (Phi) is 4.77. The molecule has 3 heterocycles. The van der Waals surface area contributed by atoms with Crippen molar-refractivity contribution in [2.75, 3.05) is 13.7 Å². The molecule has 0 bridgehead atoms. The van der Waals surface area contributed by atoms with E-state index in [0.29, 0.717) is 12.3 Å². The molecular weight excluding hydrogens is 312 g/mol. The molecule has 0 radical (unpaired) electrons. The zero-order chi connectivity index (χ0) is 16.4. The van der Waals surface area contributed by atoms with Gasteiger partial charge in [0.15, 0.2) is 0 Å². The van der Waals surface area contributed by atoms with Crippen LogP contribution in [0.1, 0.15) is 39.7 Å². The van der Waals surface area contributed by atoms with Crippen molar-refractivity contribution in [2.24, 2.45) is 0 Å². The first-order valence-corrected chi connectivity index (χ1v) is 8.72. The minimum atomic E-state index is 0.0210. The number of hydrogen-bond acceptors (Lipinski definition) is 5. The van der Waals surface area contributed by atoms with Gasteiger partial charge in [0.05, 0.1) is 24.9 Å². The van der Waals surface area contributed by atoms with Crippen LogP contribution in [0.4, 0.5) is 0 Å². The van der Waals surface area contributed by atoms with Crippen LogP contribution in [-0.2, 0) is 17.9 Å². The van der Waals surface area contributed by atoms with Gasteiger partial charge >= 0.3 is 0 Å². The number of thiazole rings is 1. The molecule has 1 unspecified atom stereocenters. The molecule has 0 spiro atoms. The molecule has 1 aliphatic rings. The van der Waals surface area contributed by atoms with Gasteiger partial charge < -0.3 is 9.64 Å². The van der Waals surface area contributed by atoms with Gasteiger partial charge in [0.1, 0.15) is 10.7 Å². The van der Waals surface area contributed by atoms with Crippen LogP contribution in [0.15, 0.2) is 11.4 Å². The van der Waals surface area contributed by atoms with E-state index < -0.39 is 0 Å². The summed E-state index contributed by atoms with van der Waals surface area (Å²) in [4.78, 5) is 19.1. The molecule has 0 aromatic carbocycles. The molecule has 1 saturated heterocycles. The molecule has 1 amide bonds. The minimum absolute atomic E-state index is 0.0210. The molecular formula is C16H22N4O2S. The largest absolute Gasteiger partial charge is 0.378 e. The van der Waals surface area contributed by atoms with Crippen molar-refractivity contribution in [3.05, 3.63) is 33.5 Å². The number of hydrogen-bond donors (Lipinski definition) is 0. The normalized spacial score (nSPS) is 17.9. The summed E-state index contributed by atoms with van der Waals surface area (Å²) in [5.41, 5.74) is 2.68. The summed E-state index contributed by atoms with van der Waals surface area (Å²) in [7, 11) is 1.63. The SMILES string of the molecule is COCc1nc(C(=O)N2CCCC2Cn2nc(C)cc2C)cs1. The third-order valence-electron chi connectivity index (χ3n) is 4.16. The first-order chi connectivity index (χ1) is 11.1. The predicted octanol–water partition coefficient (Wildman–Crippen LogP) is 2.41. The number of amides is 1. The summed E-state index contributed by atoms with van der Waals surface area (Å²) in [6.45, 7) is 6.04. The Morgan fingerprint density at radius 1 is 1.48 bits per heavy atom. The number of ether oxygens (including phenoxy) is 1. The predicted molar refractivity (Wildman–Crippen MR) is 88.6 cm³/mol. The molecule has 2 aromatic rings. The quantitative estimate of drug-likeness (QED) is 0.842. The van der Waals surface area contributed by atoms with Crippen molar-refractivity contribution in [2.45, 2.75) is 45.9 Å².